The van der Waals surface area contributed by atoms with Crippen LogP contribution < -0.4 is 5.46 Å². The van der Waals surface area contributed by atoms with Gasteiger partial charge in [0.05, 0.1) is 11.2 Å². The van der Waals surface area contributed by atoms with Gasteiger partial charge in [-0.1, -0.05) is 48.6 Å². The molecule has 0 atom stereocenters. The Morgan fingerprint density at radius 2 is 1.58 bits per heavy atom. The first kappa shape index (κ1) is 17.6. The molecule has 0 unspecified atom stereocenters. The molecular weight excluding hydrogens is 319 g/mol. The normalized spacial score (nSPS) is 20.3. The first-order valence-electron chi connectivity index (χ1n) is 9.54. The molecule has 0 amide bonds. The van der Waals surface area contributed by atoms with Gasteiger partial charge in [-0.25, -0.2) is 0 Å². The number of allylic oxidation sites excluding steroid dienone is 1. The molecule has 1 fully saturated rings. The van der Waals surface area contributed by atoms with Crippen molar-refractivity contribution in [2.75, 3.05) is 0 Å². The van der Waals surface area contributed by atoms with Gasteiger partial charge < -0.3 is 9.31 Å². The van der Waals surface area contributed by atoms with Crippen molar-refractivity contribution in [1.82, 2.24) is 0 Å². The van der Waals surface area contributed by atoms with E-state index in [0.717, 1.165) is 18.3 Å². The van der Waals surface area contributed by atoms with Crippen molar-refractivity contribution in [3.05, 3.63) is 59.2 Å². The quantitative estimate of drug-likeness (QED) is 0.719. The van der Waals surface area contributed by atoms with Crippen LogP contribution in [-0.2, 0) is 15.7 Å². The second kappa shape index (κ2) is 6.11. The van der Waals surface area contributed by atoms with Crippen LogP contribution in [0.1, 0.15) is 50.8 Å². The summed E-state index contributed by atoms with van der Waals surface area (Å²) in [5.41, 5.74) is 7.15. The lowest BCUT2D eigenvalue weighted by molar-refractivity contribution is 0.00578. The predicted octanol–water partition coefficient (Wildman–Crippen LogP) is 4.92. The molecule has 1 aliphatic heterocycles. The first-order valence-corrected chi connectivity index (χ1v) is 9.54. The molecule has 0 N–H and O–H groups in total. The Balaban J connectivity index is 1.83. The van der Waals surface area contributed by atoms with Crippen LogP contribution in [0.3, 0.4) is 0 Å². The van der Waals surface area contributed by atoms with Gasteiger partial charge in [-0.3, -0.25) is 0 Å². The van der Waals surface area contributed by atoms with Crippen LogP contribution in [0.25, 0.3) is 17.2 Å². The molecule has 2 nitrogen and oxygen atoms in total. The summed E-state index contributed by atoms with van der Waals surface area (Å²) in [6, 6.07) is 13.1. The number of aryl methyl sites for hydroxylation is 1. The summed E-state index contributed by atoms with van der Waals surface area (Å²) in [6.07, 6.45) is 6.65. The molecule has 2 aliphatic rings. The van der Waals surface area contributed by atoms with Crippen molar-refractivity contribution in [2.24, 2.45) is 0 Å². The summed E-state index contributed by atoms with van der Waals surface area (Å²) < 4.78 is 12.7. The van der Waals surface area contributed by atoms with Crippen LogP contribution in [0.4, 0.5) is 0 Å². The Kier molecular flexibility index (Phi) is 4.13. The maximum atomic E-state index is 6.33. The van der Waals surface area contributed by atoms with E-state index in [1.54, 1.807) is 0 Å². The third-order valence-electron chi connectivity index (χ3n) is 6.18. The molecule has 26 heavy (non-hydrogen) atoms. The molecular formula is C23H27BO2. The van der Waals surface area contributed by atoms with Crippen LogP contribution in [-0.4, -0.2) is 18.3 Å². The molecule has 0 radical (unpaired) electrons. The SMILES string of the molecule is Cc1ccccc1-c1ccc(B2OC(C)(C)C(C)(C)O2)c2c1CCC=C2. The van der Waals surface area contributed by atoms with Crippen LogP contribution in [0.5, 0.6) is 0 Å². The Bertz CT molecular complexity index is 864. The monoisotopic (exact) mass is 346 g/mol. The molecule has 0 aromatic heterocycles. The van der Waals surface area contributed by atoms with Crippen molar-refractivity contribution in [3.8, 4) is 11.1 Å². The molecule has 4 rings (SSSR count). The molecule has 3 heteroatoms. The van der Waals surface area contributed by atoms with Gasteiger partial charge in [0, 0.05) is 0 Å². The second-order valence-electron chi connectivity index (χ2n) is 8.44. The highest BCUT2D eigenvalue weighted by Crippen LogP contribution is 2.38. The average Bonchev–Trinajstić information content (AvgIpc) is 2.82. The Labute approximate surface area is 157 Å². The van der Waals surface area contributed by atoms with Gasteiger partial charge in [0.15, 0.2) is 0 Å². The fourth-order valence-electron chi connectivity index (χ4n) is 3.88. The highest BCUT2D eigenvalue weighted by atomic mass is 16.7. The minimum Gasteiger partial charge on any atom is -0.399 e. The Hall–Kier alpha value is -1.84. The Morgan fingerprint density at radius 3 is 2.27 bits per heavy atom. The zero-order valence-corrected chi connectivity index (χ0v) is 16.4. The van der Waals surface area contributed by atoms with Gasteiger partial charge in [0.1, 0.15) is 0 Å². The first-order chi connectivity index (χ1) is 12.3. The molecule has 134 valence electrons. The number of hydrogen-bond acceptors (Lipinski definition) is 2. The smallest absolute Gasteiger partial charge is 0.399 e. The van der Waals surface area contributed by atoms with E-state index in [4.69, 9.17) is 9.31 Å². The third-order valence-corrected chi connectivity index (χ3v) is 6.18. The second-order valence-corrected chi connectivity index (χ2v) is 8.44. The van der Waals surface area contributed by atoms with E-state index in [0.29, 0.717) is 0 Å². The number of benzene rings is 2. The third kappa shape index (κ3) is 2.74. The zero-order valence-electron chi connectivity index (χ0n) is 16.4. The summed E-state index contributed by atoms with van der Waals surface area (Å²) in [5.74, 6) is 0. The Morgan fingerprint density at radius 1 is 0.885 bits per heavy atom. The van der Waals surface area contributed by atoms with Crippen molar-refractivity contribution >= 4 is 18.7 Å². The summed E-state index contributed by atoms with van der Waals surface area (Å²) in [6.45, 7) is 10.6. The van der Waals surface area contributed by atoms with E-state index >= 15 is 0 Å². The molecule has 0 spiro atoms. The number of hydrogen-bond donors (Lipinski definition) is 0. The maximum absolute atomic E-state index is 6.33. The highest BCUT2D eigenvalue weighted by Gasteiger charge is 2.52. The fraction of sp³-hybridized carbons (Fsp3) is 0.391. The van der Waals surface area contributed by atoms with Gasteiger partial charge in [-0.05, 0) is 80.7 Å². The van der Waals surface area contributed by atoms with Gasteiger partial charge in [-0.2, -0.15) is 0 Å². The minimum atomic E-state index is -0.322. The van der Waals surface area contributed by atoms with E-state index in [-0.39, 0.29) is 18.3 Å². The van der Waals surface area contributed by atoms with Gasteiger partial charge in [0.25, 0.3) is 0 Å². The van der Waals surface area contributed by atoms with Crippen LogP contribution >= 0.6 is 0 Å². The van der Waals surface area contributed by atoms with E-state index in [1.165, 1.54) is 27.8 Å². The van der Waals surface area contributed by atoms with E-state index in [9.17, 15) is 0 Å². The summed E-state index contributed by atoms with van der Waals surface area (Å²) in [7, 11) is -0.317. The van der Waals surface area contributed by atoms with Gasteiger partial charge in [-0.15, -0.1) is 0 Å². The summed E-state index contributed by atoms with van der Waals surface area (Å²) >= 11 is 0. The average molecular weight is 346 g/mol. The standard InChI is InChI=1S/C23H27BO2/c1-16-10-6-7-11-17(16)19-14-15-21(20-13-9-8-12-18(19)20)24-25-22(2,3)23(4,5)26-24/h6-7,9-11,13-15H,8,12H2,1-5H3. The van der Waals surface area contributed by atoms with Crippen molar-refractivity contribution in [1.29, 1.82) is 0 Å². The lowest BCUT2D eigenvalue weighted by Crippen LogP contribution is -2.41. The van der Waals surface area contributed by atoms with Gasteiger partial charge >= 0.3 is 7.12 Å². The predicted molar refractivity (Wildman–Crippen MR) is 110 cm³/mol. The highest BCUT2D eigenvalue weighted by molar-refractivity contribution is 6.63. The van der Waals surface area contributed by atoms with E-state index in [1.807, 2.05) is 0 Å². The summed E-state index contributed by atoms with van der Waals surface area (Å²) in [4.78, 5) is 0. The molecule has 1 saturated heterocycles. The minimum absolute atomic E-state index is 0.317. The maximum Gasteiger partial charge on any atom is 0.495 e. The molecule has 2 aromatic rings. The largest absolute Gasteiger partial charge is 0.495 e. The molecule has 2 aromatic carbocycles. The van der Waals surface area contributed by atoms with Crippen molar-refractivity contribution < 1.29 is 9.31 Å². The van der Waals surface area contributed by atoms with E-state index < -0.39 is 0 Å². The fourth-order valence-corrected chi connectivity index (χ4v) is 3.88. The lowest BCUT2D eigenvalue weighted by atomic mass is 9.71. The number of fused-ring (bicyclic) bond motifs is 1. The van der Waals surface area contributed by atoms with Crippen molar-refractivity contribution in [2.45, 2.75) is 58.7 Å². The molecule has 0 saturated carbocycles. The lowest BCUT2D eigenvalue weighted by Gasteiger charge is -2.32. The topological polar surface area (TPSA) is 18.5 Å². The molecule has 0 bridgehead atoms. The van der Waals surface area contributed by atoms with Gasteiger partial charge in [0.2, 0.25) is 0 Å². The number of rotatable bonds is 2. The van der Waals surface area contributed by atoms with E-state index in [2.05, 4.69) is 83.2 Å². The van der Waals surface area contributed by atoms with Crippen LogP contribution in [0.2, 0.25) is 0 Å². The van der Waals surface area contributed by atoms with Crippen LogP contribution in [0, 0.1) is 6.92 Å². The van der Waals surface area contributed by atoms with Crippen molar-refractivity contribution in [3.63, 3.8) is 0 Å². The zero-order chi connectivity index (χ0) is 18.5. The summed E-state index contributed by atoms with van der Waals surface area (Å²) in [5, 5.41) is 0. The molecule has 1 aliphatic carbocycles. The van der Waals surface area contributed by atoms with Crippen LogP contribution in [0.15, 0.2) is 42.5 Å². The molecule has 1 heterocycles.